The van der Waals surface area contributed by atoms with Crippen LogP contribution < -0.4 is 5.32 Å². The summed E-state index contributed by atoms with van der Waals surface area (Å²) < 4.78 is 0. The monoisotopic (exact) mass is 147 g/mol. The first-order valence-corrected chi connectivity index (χ1v) is 3.16. The van der Waals surface area contributed by atoms with E-state index in [1.165, 1.54) is 6.08 Å². The minimum absolute atomic E-state index is 0.224. The van der Waals surface area contributed by atoms with Crippen LogP contribution in [-0.2, 0) is 4.79 Å². The van der Waals surface area contributed by atoms with Crippen molar-refractivity contribution in [2.24, 2.45) is 0 Å². The summed E-state index contributed by atoms with van der Waals surface area (Å²) in [5.41, 5.74) is 0.678. The fourth-order valence-electron chi connectivity index (χ4n) is 0.630. The number of amides is 1. The molecule has 0 aliphatic rings. The Bertz CT molecular complexity index is 256. The van der Waals surface area contributed by atoms with Gasteiger partial charge < -0.3 is 5.32 Å². The molecule has 1 aromatic heterocycles. The fourth-order valence-corrected chi connectivity index (χ4v) is 0.630. The average Bonchev–Trinajstić information content (AvgIpc) is 2.06. The molecule has 0 aliphatic heterocycles. The van der Waals surface area contributed by atoms with Gasteiger partial charge >= 0.3 is 0 Å². The maximum Gasteiger partial charge on any atom is 0.247 e. The Kier molecular flexibility index (Phi) is 2.38. The number of nitrogens with one attached hydrogen (secondary N) is 1. The van der Waals surface area contributed by atoms with Crippen LogP contribution in [0.1, 0.15) is 0 Å². The van der Waals surface area contributed by atoms with Crippen molar-refractivity contribution in [3.63, 3.8) is 0 Å². The molecule has 0 aromatic carbocycles. The molecule has 0 spiro atoms. The average molecular weight is 147 g/mol. The highest BCUT2D eigenvalue weighted by atomic mass is 16.1. The third kappa shape index (κ3) is 2.21. The molecule has 0 fully saturated rings. The molecule has 1 N–H and O–H groups in total. The zero-order chi connectivity index (χ0) is 8.10. The van der Waals surface area contributed by atoms with Crippen LogP contribution in [0.2, 0.25) is 0 Å². The Balaban J connectivity index is 2.65. The number of hydrogen-bond donors (Lipinski definition) is 1. The van der Waals surface area contributed by atoms with Crippen molar-refractivity contribution < 1.29 is 4.79 Å². The molecule has 1 rings (SSSR count). The summed E-state index contributed by atoms with van der Waals surface area (Å²) in [5, 5.41) is 2.57. The van der Waals surface area contributed by atoms with Gasteiger partial charge in [-0.2, -0.15) is 0 Å². The minimum atomic E-state index is -0.224. The number of rotatable bonds is 2. The smallest absolute Gasteiger partial charge is 0.247 e. The molecule has 0 bridgehead atoms. The van der Waals surface area contributed by atoms with E-state index >= 15 is 0 Å². The summed E-state index contributed by atoms with van der Waals surface area (Å²) in [6.45, 7) is 3.32. The Morgan fingerprint density at radius 1 is 1.73 bits per heavy atom. The highest BCUT2D eigenvalue weighted by Crippen LogP contribution is 2.01. The molecule has 1 heterocycles. The van der Waals surface area contributed by atoms with Crippen LogP contribution in [-0.4, -0.2) is 10.9 Å². The van der Waals surface area contributed by atoms with Crippen LogP contribution in [0.25, 0.3) is 0 Å². The molecule has 0 atom stereocenters. The van der Waals surface area contributed by atoms with E-state index in [2.05, 4.69) is 16.9 Å². The molecule has 0 aliphatic carbocycles. The van der Waals surface area contributed by atoms with Crippen LogP contribution in [0.4, 0.5) is 5.69 Å². The first-order valence-electron chi connectivity index (χ1n) is 3.16. The van der Waals surface area contributed by atoms with Gasteiger partial charge in [0.2, 0.25) is 5.91 Å². The number of carbonyl (C=O) groups excluding carboxylic acids is 1. The van der Waals surface area contributed by atoms with Crippen molar-refractivity contribution in [2.45, 2.75) is 0 Å². The lowest BCUT2D eigenvalue weighted by atomic mass is 10.0. The highest BCUT2D eigenvalue weighted by molar-refractivity contribution is 5.98. The van der Waals surface area contributed by atoms with Gasteiger partial charge in [0.15, 0.2) is 0 Å². The first kappa shape index (κ1) is 7.47. The quantitative estimate of drug-likeness (QED) is 0.639. The number of nitrogens with zero attached hydrogens (tertiary/aromatic N) is 1. The number of anilines is 1. The van der Waals surface area contributed by atoms with Gasteiger partial charge in [-0.05, 0) is 18.2 Å². The standard InChI is InChI=1S/C8H8N2O/c1-2-8(11)10-7-4-3-5-9-6-7/h2-6H,1H2,(H,10,11)/i8-1. The highest BCUT2D eigenvalue weighted by Gasteiger charge is 1.93. The second-order valence-electron chi connectivity index (χ2n) is 1.94. The van der Waals surface area contributed by atoms with Gasteiger partial charge in [-0.25, -0.2) is 0 Å². The topological polar surface area (TPSA) is 42.0 Å². The van der Waals surface area contributed by atoms with E-state index in [0.717, 1.165) is 0 Å². The lowest BCUT2D eigenvalue weighted by Gasteiger charge is -1.98. The molecule has 56 valence electrons. The van der Waals surface area contributed by atoms with Crippen molar-refractivity contribution in [3.8, 4) is 0 Å². The predicted octanol–water partition coefficient (Wildman–Crippen LogP) is 1.21. The van der Waals surface area contributed by atoms with E-state index in [0.29, 0.717) is 5.69 Å². The Labute approximate surface area is 64.8 Å². The van der Waals surface area contributed by atoms with Gasteiger partial charge in [0.05, 0.1) is 11.9 Å². The Morgan fingerprint density at radius 2 is 2.55 bits per heavy atom. The summed E-state index contributed by atoms with van der Waals surface area (Å²) in [4.78, 5) is 14.5. The number of pyridine rings is 1. The molecular formula is C8H8N2O. The van der Waals surface area contributed by atoms with Gasteiger partial charge in [-0.1, -0.05) is 6.58 Å². The maximum absolute atomic E-state index is 10.7. The summed E-state index contributed by atoms with van der Waals surface area (Å²) in [6.07, 6.45) is 4.43. The predicted molar refractivity (Wildman–Crippen MR) is 43.1 cm³/mol. The molecular weight excluding hydrogens is 139 g/mol. The molecule has 3 nitrogen and oxygen atoms in total. The molecule has 0 unspecified atom stereocenters. The molecule has 0 saturated carbocycles. The van der Waals surface area contributed by atoms with Gasteiger partial charge in [0.25, 0.3) is 0 Å². The molecule has 1 aromatic rings. The Morgan fingerprint density at radius 3 is 3.09 bits per heavy atom. The second kappa shape index (κ2) is 3.51. The normalized spacial score (nSPS) is 8.73. The first-order chi connectivity index (χ1) is 5.33. The third-order valence-electron chi connectivity index (χ3n) is 1.11. The molecule has 0 saturated heterocycles. The van der Waals surface area contributed by atoms with Crippen LogP contribution >= 0.6 is 0 Å². The summed E-state index contributed by atoms with van der Waals surface area (Å²) in [6, 6.07) is 3.51. The zero-order valence-corrected chi connectivity index (χ0v) is 5.95. The van der Waals surface area contributed by atoms with Gasteiger partial charge in [-0.15, -0.1) is 0 Å². The van der Waals surface area contributed by atoms with Crippen molar-refractivity contribution >= 4 is 11.6 Å². The molecule has 1 amide bonds. The molecule has 0 radical (unpaired) electrons. The van der Waals surface area contributed by atoms with E-state index in [9.17, 15) is 4.79 Å². The van der Waals surface area contributed by atoms with Crippen LogP contribution in [0.3, 0.4) is 0 Å². The van der Waals surface area contributed by atoms with Crippen LogP contribution in [0.5, 0.6) is 0 Å². The van der Waals surface area contributed by atoms with Gasteiger partial charge in [-0.3, -0.25) is 9.78 Å². The van der Waals surface area contributed by atoms with E-state index in [1.807, 2.05) is 0 Å². The van der Waals surface area contributed by atoms with Crippen molar-refractivity contribution in [3.05, 3.63) is 37.2 Å². The van der Waals surface area contributed by atoms with E-state index in [1.54, 1.807) is 24.5 Å². The summed E-state index contributed by atoms with van der Waals surface area (Å²) in [5.74, 6) is -0.224. The lowest BCUT2D eigenvalue weighted by Crippen LogP contribution is -2.06. The molecule has 3 heteroatoms. The largest absolute Gasteiger partial charge is 0.321 e. The number of aromatic nitrogens is 1. The van der Waals surface area contributed by atoms with E-state index in [-0.39, 0.29) is 5.91 Å². The Hall–Kier alpha value is -1.64. The maximum atomic E-state index is 10.7. The van der Waals surface area contributed by atoms with Crippen molar-refractivity contribution in [1.29, 1.82) is 0 Å². The van der Waals surface area contributed by atoms with Gasteiger partial charge in [0.1, 0.15) is 0 Å². The van der Waals surface area contributed by atoms with Crippen molar-refractivity contribution in [2.75, 3.05) is 5.32 Å². The fraction of sp³-hybridized carbons (Fsp3) is 0. The van der Waals surface area contributed by atoms with E-state index in [4.69, 9.17) is 0 Å². The number of hydrogen-bond acceptors (Lipinski definition) is 2. The number of carbonyl (C=O) groups is 1. The molecule has 11 heavy (non-hydrogen) atoms. The summed E-state index contributed by atoms with van der Waals surface area (Å²) >= 11 is 0. The van der Waals surface area contributed by atoms with Crippen molar-refractivity contribution in [1.82, 2.24) is 4.98 Å². The van der Waals surface area contributed by atoms with Gasteiger partial charge in [0, 0.05) is 6.20 Å². The van der Waals surface area contributed by atoms with Crippen LogP contribution in [0, 0.1) is 0 Å². The van der Waals surface area contributed by atoms with E-state index < -0.39 is 0 Å². The minimum Gasteiger partial charge on any atom is -0.321 e. The SMILES string of the molecule is C=C[11C](=O)Nc1cccnc1. The zero-order valence-electron chi connectivity index (χ0n) is 5.95. The summed E-state index contributed by atoms with van der Waals surface area (Å²) in [7, 11) is 0. The third-order valence-corrected chi connectivity index (χ3v) is 1.11. The second-order valence-corrected chi connectivity index (χ2v) is 1.94. The van der Waals surface area contributed by atoms with Crippen LogP contribution in [0.15, 0.2) is 37.2 Å². The lowest BCUT2D eigenvalue weighted by molar-refractivity contribution is -0.111.